The zero-order valence-corrected chi connectivity index (χ0v) is 11.8. The molecule has 1 aromatic heterocycles. The lowest BCUT2D eigenvalue weighted by molar-refractivity contribution is -0.384. The van der Waals surface area contributed by atoms with Crippen molar-refractivity contribution in [1.29, 1.82) is 0 Å². The minimum Gasteiger partial charge on any atom is -0.364 e. The number of hydrogen-bond acceptors (Lipinski definition) is 6. The van der Waals surface area contributed by atoms with Crippen LogP contribution in [0.3, 0.4) is 0 Å². The van der Waals surface area contributed by atoms with Crippen LogP contribution in [-0.2, 0) is 0 Å². The first-order valence-electron chi connectivity index (χ1n) is 7.20. The van der Waals surface area contributed by atoms with Crippen molar-refractivity contribution in [3.8, 4) is 0 Å². The van der Waals surface area contributed by atoms with Crippen molar-refractivity contribution in [1.82, 2.24) is 9.97 Å². The summed E-state index contributed by atoms with van der Waals surface area (Å²) in [6.07, 6.45) is 7.46. The van der Waals surface area contributed by atoms with E-state index in [1.807, 2.05) is 6.92 Å². The van der Waals surface area contributed by atoms with Gasteiger partial charge in [0.2, 0.25) is 11.8 Å². The van der Waals surface area contributed by atoms with Crippen LogP contribution < -0.4 is 10.6 Å². The van der Waals surface area contributed by atoms with E-state index in [1.165, 1.54) is 31.9 Å². The molecule has 0 amide bonds. The highest BCUT2D eigenvalue weighted by atomic mass is 16.6. The van der Waals surface area contributed by atoms with Gasteiger partial charge in [-0.15, -0.1) is 0 Å². The highest BCUT2D eigenvalue weighted by Crippen LogP contribution is 2.28. The summed E-state index contributed by atoms with van der Waals surface area (Å²) in [6, 6.07) is 0. The van der Waals surface area contributed by atoms with Crippen molar-refractivity contribution in [3.63, 3.8) is 0 Å². The van der Waals surface area contributed by atoms with Crippen LogP contribution in [0.5, 0.6) is 0 Å². The zero-order valence-electron chi connectivity index (χ0n) is 11.8. The fraction of sp³-hybridized carbons (Fsp3) is 0.692. The molecule has 110 valence electrons. The van der Waals surface area contributed by atoms with E-state index in [0.29, 0.717) is 24.9 Å². The molecule has 0 spiro atoms. The van der Waals surface area contributed by atoms with Crippen molar-refractivity contribution in [2.45, 2.75) is 39.0 Å². The van der Waals surface area contributed by atoms with Gasteiger partial charge in [0.15, 0.2) is 0 Å². The molecule has 1 aliphatic carbocycles. The van der Waals surface area contributed by atoms with Gasteiger partial charge in [0, 0.05) is 13.1 Å². The Morgan fingerprint density at radius 2 is 2.15 bits per heavy atom. The molecule has 0 unspecified atom stereocenters. The maximum Gasteiger partial charge on any atom is 0.329 e. The summed E-state index contributed by atoms with van der Waals surface area (Å²) in [7, 11) is 0. The largest absolute Gasteiger partial charge is 0.364 e. The van der Waals surface area contributed by atoms with Crippen molar-refractivity contribution in [3.05, 3.63) is 16.3 Å². The second kappa shape index (κ2) is 7.02. The number of nitrogens with zero attached hydrogens (tertiary/aromatic N) is 3. The van der Waals surface area contributed by atoms with Crippen LogP contribution in [0.25, 0.3) is 0 Å². The highest BCUT2D eigenvalue weighted by Gasteiger charge is 2.18. The Labute approximate surface area is 118 Å². The molecule has 7 heteroatoms. The third kappa shape index (κ3) is 3.79. The van der Waals surface area contributed by atoms with Gasteiger partial charge in [0.1, 0.15) is 6.20 Å². The molecule has 0 aromatic carbocycles. The van der Waals surface area contributed by atoms with E-state index in [1.54, 1.807) is 0 Å². The number of aromatic nitrogens is 2. The third-order valence-corrected chi connectivity index (χ3v) is 3.62. The Hall–Kier alpha value is -1.92. The van der Waals surface area contributed by atoms with E-state index in [2.05, 4.69) is 20.6 Å². The van der Waals surface area contributed by atoms with Crippen molar-refractivity contribution in [2.24, 2.45) is 5.92 Å². The molecule has 0 aliphatic heterocycles. The summed E-state index contributed by atoms with van der Waals surface area (Å²) in [5.74, 6) is 1.47. The minimum atomic E-state index is -0.451. The van der Waals surface area contributed by atoms with E-state index < -0.39 is 4.92 Å². The summed E-state index contributed by atoms with van der Waals surface area (Å²) in [6.45, 7) is 3.32. The Kier molecular flexibility index (Phi) is 5.09. The fourth-order valence-electron chi connectivity index (χ4n) is 2.58. The van der Waals surface area contributed by atoms with E-state index in [0.717, 1.165) is 12.3 Å². The van der Waals surface area contributed by atoms with Crippen molar-refractivity contribution < 1.29 is 4.92 Å². The maximum atomic E-state index is 11.0. The molecule has 0 radical (unpaired) electrons. The zero-order chi connectivity index (χ0) is 14.4. The molecule has 1 aromatic rings. The molecule has 1 aliphatic rings. The third-order valence-electron chi connectivity index (χ3n) is 3.62. The summed E-state index contributed by atoms with van der Waals surface area (Å²) in [5, 5.41) is 17.0. The molecule has 0 bridgehead atoms. The van der Waals surface area contributed by atoms with Gasteiger partial charge in [-0.05, 0) is 19.3 Å². The molecular formula is C13H21N5O2. The lowest BCUT2D eigenvalue weighted by Crippen LogP contribution is -2.11. The Balaban J connectivity index is 1.98. The maximum absolute atomic E-state index is 11.0. The molecule has 20 heavy (non-hydrogen) atoms. The molecule has 2 rings (SSSR count). The summed E-state index contributed by atoms with van der Waals surface area (Å²) in [5.41, 5.74) is -0.0712. The van der Waals surface area contributed by atoms with Gasteiger partial charge in [-0.1, -0.05) is 25.7 Å². The monoisotopic (exact) mass is 279 g/mol. The average molecular weight is 279 g/mol. The summed E-state index contributed by atoms with van der Waals surface area (Å²) in [4.78, 5) is 18.6. The Morgan fingerprint density at radius 3 is 2.80 bits per heavy atom. The van der Waals surface area contributed by atoms with Crippen LogP contribution >= 0.6 is 0 Å². The predicted octanol–water partition coefficient (Wildman–Crippen LogP) is 2.81. The van der Waals surface area contributed by atoms with Gasteiger partial charge < -0.3 is 10.6 Å². The van der Waals surface area contributed by atoms with Crippen LogP contribution in [0, 0.1) is 16.0 Å². The lowest BCUT2D eigenvalue weighted by Gasteiger charge is -2.11. The number of nitro groups is 1. The Bertz CT molecular complexity index is 460. The first-order valence-corrected chi connectivity index (χ1v) is 7.20. The van der Waals surface area contributed by atoms with Crippen LogP contribution in [-0.4, -0.2) is 28.0 Å². The van der Waals surface area contributed by atoms with Crippen LogP contribution in [0.2, 0.25) is 0 Å². The van der Waals surface area contributed by atoms with Crippen LogP contribution in [0.4, 0.5) is 17.5 Å². The molecule has 7 nitrogen and oxygen atoms in total. The molecule has 1 fully saturated rings. The Morgan fingerprint density at radius 1 is 1.40 bits per heavy atom. The van der Waals surface area contributed by atoms with Gasteiger partial charge >= 0.3 is 5.69 Å². The quantitative estimate of drug-likeness (QED) is 0.589. The standard InChI is InChI=1S/C13H21N5O2/c1-2-14-13-16-9-11(18(19)20)12(17-13)15-8-7-10-5-3-4-6-10/h9-10H,2-8H2,1H3,(H2,14,15,16,17). The van der Waals surface area contributed by atoms with Gasteiger partial charge in [0.25, 0.3) is 0 Å². The first kappa shape index (κ1) is 14.5. The second-order valence-electron chi connectivity index (χ2n) is 5.08. The molecular weight excluding hydrogens is 258 g/mol. The smallest absolute Gasteiger partial charge is 0.329 e. The lowest BCUT2D eigenvalue weighted by atomic mass is 10.0. The van der Waals surface area contributed by atoms with E-state index in [9.17, 15) is 10.1 Å². The van der Waals surface area contributed by atoms with Crippen LogP contribution in [0.1, 0.15) is 39.0 Å². The van der Waals surface area contributed by atoms with Gasteiger partial charge in [-0.3, -0.25) is 10.1 Å². The average Bonchev–Trinajstić information content (AvgIpc) is 2.92. The van der Waals surface area contributed by atoms with E-state index in [4.69, 9.17) is 0 Å². The molecule has 1 heterocycles. The molecule has 0 atom stereocenters. The normalized spacial score (nSPS) is 15.2. The summed E-state index contributed by atoms with van der Waals surface area (Å²) >= 11 is 0. The number of anilines is 2. The number of nitrogens with one attached hydrogen (secondary N) is 2. The number of hydrogen-bond donors (Lipinski definition) is 2. The van der Waals surface area contributed by atoms with E-state index in [-0.39, 0.29) is 5.69 Å². The predicted molar refractivity (Wildman–Crippen MR) is 77.9 cm³/mol. The van der Waals surface area contributed by atoms with E-state index >= 15 is 0 Å². The summed E-state index contributed by atoms with van der Waals surface area (Å²) < 4.78 is 0. The highest BCUT2D eigenvalue weighted by molar-refractivity contribution is 5.56. The molecule has 1 saturated carbocycles. The molecule has 2 N–H and O–H groups in total. The van der Waals surface area contributed by atoms with Gasteiger partial charge in [-0.2, -0.15) is 4.98 Å². The number of rotatable bonds is 7. The van der Waals surface area contributed by atoms with Gasteiger partial charge in [0.05, 0.1) is 4.92 Å². The molecule has 0 saturated heterocycles. The second-order valence-corrected chi connectivity index (χ2v) is 5.08. The fourth-order valence-corrected chi connectivity index (χ4v) is 2.58. The SMILES string of the molecule is CCNc1ncc([N+](=O)[O-])c(NCCC2CCCC2)n1. The minimum absolute atomic E-state index is 0.0712. The first-order chi connectivity index (χ1) is 9.70. The van der Waals surface area contributed by atoms with Gasteiger partial charge in [-0.25, -0.2) is 4.98 Å². The van der Waals surface area contributed by atoms with Crippen molar-refractivity contribution in [2.75, 3.05) is 23.7 Å². The van der Waals surface area contributed by atoms with Crippen LogP contribution in [0.15, 0.2) is 6.20 Å². The van der Waals surface area contributed by atoms with Crippen molar-refractivity contribution >= 4 is 17.5 Å². The topological polar surface area (TPSA) is 93.0 Å².